The third-order valence-corrected chi connectivity index (χ3v) is 5.16. The molecule has 0 heterocycles. The smallest absolute Gasteiger partial charge is 0.415 e. The third-order valence-electron chi connectivity index (χ3n) is 5.16. The van der Waals surface area contributed by atoms with Crippen LogP contribution in [0.3, 0.4) is 0 Å². The summed E-state index contributed by atoms with van der Waals surface area (Å²) in [6.45, 7) is 11.5. The van der Waals surface area contributed by atoms with Gasteiger partial charge in [0.25, 0.3) is 0 Å². The van der Waals surface area contributed by atoms with Crippen molar-refractivity contribution in [2.75, 3.05) is 21.1 Å². The average molecular weight is 379 g/mol. The van der Waals surface area contributed by atoms with Crippen LogP contribution in [0.5, 0.6) is 5.75 Å². The molecule has 0 radical (unpaired) electrons. The quantitative estimate of drug-likeness (QED) is 0.664. The lowest BCUT2D eigenvalue weighted by Crippen LogP contribution is -2.53. The predicted octanol–water partition coefficient (Wildman–Crippen LogP) is 4.25. The van der Waals surface area contributed by atoms with Crippen LogP contribution in [0, 0.1) is 0 Å². The zero-order chi connectivity index (χ0) is 21.0. The fraction of sp³-hybridized carbons (Fsp3) is 0.619. The maximum absolute atomic E-state index is 12.6. The van der Waals surface area contributed by atoms with Crippen molar-refractivity contribution in [3.63, 3.8) is 0 Å². The van der Waals surface area contributed by atoms with Crippen molar-refractivity contribution in [2.24, 2.45) is 0 Å². The highest BCUT2D eigenvalue weighted by Gasteiger charge is 2.36. The highest BCUT2D eigenvalue weighted by Crippen LogP contribution is 2.29. The Morgan fingerprint density at radius 3 is 1.96 bits per heavy atom. The minimum atomic E-state index is -0.407. The number of nitrogens with zero attached hydrogens (tertiary/aromatic N) is 2. The highest BCUT2D eigenvalue weighted by molar-refractivity contribution is 5.71. The summed E-state index contributed by atoms with van der Waals surface area (Å²) >= 11 is 0. The Kier molecular flexibility index (Phi) is 7.43. The molecule has 1 aromatic carbocycles. The van der Waals surface area contributed by atoms with Gasteiger partial charge >= 0.3 is 12.1 Å². The van der Waals surface area contributed by atoms with Gasteiger partial charge in [0.1, 0.15) is 11.9 Å². The van der Waals surface area contributed by atoms with Gasteiger partial charge in [0.05, 0.1) is 0 Å². The van der Waals surface area contributed by atoms with Crippen LogP contribution >= 0.6 is 0 Å². The lowest BCUT2D eigenvalue weighted by atomic mass is 9.85. The molecule has 0 aliphatic rings. The van der Waals surface area contributed by atoms with Gasteiger partial charge in [0.2, 0.25) is 0 Å². The van der Waals surface area contributed by atoms with Gasteiger partial charge in [-0.25, -0.2) is 4.79 Å². The van der Waals surface area contributed by atoms with Crippen LogP contribution in [0.25, 0.3) is 0 Å². The van der Waals surface area contributed by atoms with Crippen molar-refractivity contribution in [1.29, 1.82) is 0 Å². The monoisotopic (exact) mass is 378 g/mol. The first-order valence-electron chi connectivity index (χ1n) is 9.16. The molecule has 0 spiro atoms. The number of hydrogen-bond acceptors (Lipinski definition) is 5. The summed E-state index contributed by atoms with van der Waals surface area (Å²) in [5.41, 5.74) is 0.396. The van der Waals surface area contributed by atoms with Gasteiger partial charge in [-0.2, -0.15) is 0 Å². The second-order valence-electron chi connectivity index (χ2n) is 8.44. The fourth-order valence-corrected chi connectivity index (χ4v) is 2.88. The van der Waals surface area contributed by atoms with Crippen LogP contribution < -0.4 is 4.74 Å². The van der Waals surface area contributed by atoms with Gasteiger partial charge in [0, 0.05) is 25.0 Å². The minimum absolute atomic E-state index is 0.0630. The number of carbonyl (C=O) groups excluding carboxylic acids is 2. The molecule has 1 unspecified atom stereocenters. The maximum atomic E-state index is 12.6. The van der Waals surface area contributed by atoms with E-state index in [1.807, 2.05) is 27.9 Å². The van der Waals surface area contributed by atoms with E-state index in [-0.39, 0.29) is 23.2 Å². The van der Waals surface area contributed by atoms with Gasteiger partial charge in [0.15, 0.2) is 0 Å². The molecule has 6 nitrogen and oxygen atoms in total. The molecule has 0 aliphatic carbocycles. The summed E-state index contributed by atoms with van der Waals surface area (Å²) in [6.07, 6.45) is 0.0368. The average Bonchev–Trinajstić information content (AvgIpc) is 2.52. The van der Waals surface area contributed by atoms with Crippen LogP contribution in [0.1, 0.15) is 59.6 Å². The van der Waals surface area contributed by atoms with E-state index in [9.17, 15) is 9.59 Å². The molecule has 0 aromatic heterocycles. The Hall–Kier alpha value is -2.08. The first-order chi connectivity index (χ1) is 12.3. The molecule has 6 heteroatoms. The molecule has 0 bridgehead atoms. The number of amides is 1. The lowest BCUT2D eigenvalue weighted by Gasteiger charge is -2.43. The van der Waals surface area contributed by atoms with Crippen LogP contribution in [-0.2, 0) is 9.53 Å². The molecule has 0 fully saturated rings. The summed E-state index contributed by atoms with van der Waals surface area (Å²) in [7, 11) is 5.82. The molecule has 0 N–H and O–H groups in total. The Balaban J connectivity index is 2.78. The molecule has 1 amide bonds. The van der Waals surface area contributed by atoms with E-state index >= 15 is 0 Å². The molecule has 0 aliphatic heterocycles. The van der Waals surface area contributed by atoms with Crippen molar-refractivity contribution in [2.45, 2.75) is 65.1 Å². The van der Waals surface area contributed by atoms with E-state index in [2.05, 4.69) is 18.7 Å². The van der Waals surface area contributed by atoms with Gasteiger partial charge < -0.3 is 19.3 Å². The minimum Gasteiger partial charge on any atom is -0.458 e. The summed E-state index contributed by atoms with van der Waals surface area (Å²) in [6, 6.07) is 6.99. The Morgan fingerprint density at radius 1 is 1.00 bits per heavy atom. The lowest BCUT2D eigenvalue weighted by molar-refractivity contribution is -0.145. The van der Waals surface area contributed by atoms with E-state index in [0.717, 1.165) is 12.0 Å². The van der Waals surface area contributed by atoms with E-state index in [1.165, 1.54) is 6.92 Å². The summed E-state index contributed by atoms with van der Waals surface area (Å²) in [5, 5.41) is 0. The van der Waals surface area contributed by atoms with Gasteiger partial charge in [-0.05, 0) is 72.8 Å². The van der Waals surface area contributed by atoms with Gasteiger partial charge in [-0.3, -0.25) is 4.79 Å². The Labute approximate surface area is 163 Å². The van der Waals surface area contributed by atoms with Crippen molar-refractivity contribution in [1.82, 2.24) is 9.80 Å². The molecule has 27 heavy (non-hydrogen) atoms. The molecule has 0 saturated carbocycles. The number of ether oxygens (including phenoxy) is 2. The largest absolute Gasteiger partial charge is 0.458 e. The van der Waals surface area contributed by atoms with Crippen LogP contribution in [-0.4, -0.2) is 54.1 Å². The SMILES string of the molecule is CC(=O)OC(C)c1ccc(OC(=O)N(C)C(C)(C)CC(C)(C)N(C)C)cc1. The molecule has 1 aromatic rings. The first-order valence-corrected chi connectivity index (χ1v) is 9.16. The first kappa shape index (κ1) is 23.0. The Morgan fingerprint density at radius 2 is 1.52 bits per heavy atom. The maximum Gasteiger partial charge on any atom is 0.415 e. The third kappa shape index (κ3) is 6.54. The van der Waals surface area contributed by atoms with Crippen LogP contribution in [0.4, 0.5) is 4.79 Å². The summed E-state index contributed by atoms with van der Waals surface area (Å²) in [4.78, 5) is 27.4. The molecule has 152 valence electrons. The number of rotatable bonds is 7. The zero-order valence-corrected chi connectivity index (χ0v) is 18.1. The second-order valence-corrected chi connectivity index (χ2v) is 8.44. The van der Waals surface area contributed by atoms with Crippen molar-refractivity contribution >= 4 is 12.1 Å². The Bertz CT molecular complexity index is 651. The second kappa shape index (κ2) is 8.74. The molecular formula is C21H34N2O4. The molecule has 1 rings (SSSR count). The number of carbonyl (C=O) groups is 2. The highest BCUT2D eigenvalue weighted by atomic mass is 16.6. The standard InChI is InChI=1S/C21H34N2O4/c1-15(26-16(2)24)17-10-12-18(13-11-17)27-19(25)23(9)21(5,6)14-20(3,4)22(7)8/h10-13,15H,14H2,1-9H3. The molecule has 0 saturated heterocycles. The van der Waals surface area contributed by atoms with Crippen molar-refractivity contribution < 1.29 is 19.1 Å². The summed E-state index contributed by atoms with van der Waals surface area (Å²) in [5.74, 6) is 0.121. The topological polar surface area (TPSA) is 59.1 Å². The van der Waals surface area contributed by atoms with Crippen LogP contribution in [0.15, 0.2) is 24.3 Å². The number of esters is 1. The van der Waals surface area contributed by atoms with Crippen molar-refractivity contribution in [3.05, 3.63) is 29.8 Å². The molecular weight excluding hydrogens is 344 g/mol. The van der Waals surface area contributed by atoms with Gasteiger partial charge in [-0.15, -0.1) is 0 Å². The van der Waals surface area contributed by atoms with Crippen molar-refractivity contribution in [3.8, 4) is 5.75 Å². The summed E-state index contributed by atoms with van der Waals surface area (Å²) < 4.78 is 10.7. The number of hydrogen-bond donors (Lipinski definition) is 0. The normalized spacial score (nSPS) is 13.3. The van der Waals surface area contributed by atoms with Crippen LogP contribution in [0.2, 0.25) is 0 Å². The van der Waals surface area contributed by atoms with E-state index < -0.39 is 6.09 Å². The van der Waals surface area contributed by atoms with E-state index in [0.29, 0.717) is 5.75 Å². The molecule has 1 atom stereocenters. The number of benzene rings is 1. The predicted molar refractivity (Wildman–Crippen MR) is 107 cm³/mol. The zero-order valence-electron chi connectivity index (χ0n) is 18.1. The fourth-order valence-electron chi connectivity index (χ4n) is 2.88. The van der Waals surface area contributed by atoms with E-state index in [1.54, 1.807) is 43.1 Å². The van der Waals surface area contributed by atoms with Gasteiger partial charge in [-0.1, -0.05) is 12.1 Å². The van der Waals surface area contributed by atoms with E-state index in [4.69, 9.17) is 9.47 Å².